The number of nitrogens with two attached hydrogens (primary N) is 1. The summed E-state index contributed by atoms with van der Waals surface area (Å²) in [7, 11) is 0. The second-order valence-corrected chi connectivity index (χ2v) is 9.31. The molecule has 0 spiro atoms. The normalized spacial score (nSPS) is 30.4. The molecule has 34 heavy (non-hydrogen) atoms. The summed E-state index contributed by atoms with van der Waals surface area (Å²) in [6.45, 7) is 3.82. The summed E-state index contributed by atoms with van der Waals surface area (Å²) < 4.78 is 62.4. The maximum Gasteiger partial charge on any atom is 0.415 e. The maximum atomic E-state index is 15.1. The maximum absolute atomic E-state index is 15.1. The predicted molar refractivity (Wildman–Crippen MR) is 118 cm³/mol. The lowest BCUT2D eigenvalue weighted by molar-refractivity contribution is -0.0922. The minimum absolute atomic E-state index is 0.0384. The van der Waals surface area contributed by atoms with Crippen molar-refractivity contribution in [3.63, 3.8) is 0 Å². The van der Waals surface area contributed by atoms with Crippen molar-refractivity contribution < 1.29 is 22.3 Å². The van der Waals surface area contributed by atoms with Crippen molar-refractivity contribution in [2.24, 2.45) is 10.7 Å². The number of likely N-dealkylation sites (tertiary alicyclic amines) is 1. The highest BCUT2D eigenvalue weighted by Crippen LogP contribution is 2.40. The van der Waals surface area contributed by atoms with E-state index in [9.17, 15) is 13.2 Å². The quantitative estimate of drug-likeness (QED) is 0.532. The van der Waals surface area contributed by atoms with Gasteiger partial charge in [0.2, 0.25) is 0 Å². The molecule has 13 heteroatoms. The first-order valence-corrected chi connectivity index (χ1v) is 11.6. The SMILES string of the molecule is CCNC1=CC(N)(c2cnn([C@H]3CCN(C4COC4)C[C@@H]3F)c2Cl)NC2=NCC(C(F)(F)F)=C12. The zero-order valence-corrected chi connectivity index (χ0v) is 19.3. The van der Waals surface area contributed by atoms with Crippen molar-refractivity contribution in [1.82, 2.24) is 25.3 Å². The highest BCUT2D eigenvalue weighted by molar-refractivity contribution is 6.30. The fraction of sp³-hybridized carbons (Fsp3) is 0.619. The number of ether oxygens (including phenoxy) is 1. The van der Waals surface area contributed by atoms with Crippen molar-refractivity contribution in [3.8, 4) is 0 Å². The van der Waals surface area contributed by atoms with Crippen LogP contribution in [-0.2, 0) is 10.4 Å². The molecule has 2 saturated heterocycles. The molecule has 5 heterocycles. The number of likely N-dealkylation sites (N-methyl/N-ethyl adjacent to an activating group) is 1. The lowest BCUT2D eigenvalue weighted by Gasteiger charge is -2.42. The van der Waals surface area contributed by atoms with E-state index in [-0.39, 0.29) is 34.8 Å². The molecule has 4 N–H and O–H groups in total. The van der Waals surface area contributed by atoms with Crippen LogP contribution in [0.1, 0.15) is 24.9 Å². The van der Waals surface area contributed by atoms with Crippen LogP contribution in [0.3, 0.4) is 0 Å². The van der Waals surface area contributed by atoms with Crippen molar-refractivity contribution in [2.75, 3.05) is 39.4 Å². The zero-order chi connectivity index (χ0) is 24.3. The number of nitrogens with zero attached hydrogens (tertiary/aromatic N) is 4. The van der Waals surface area contributed by atoms with Crippen molar-refractivity contribution in [1.29, 1.82) is 0 Å². The number of nitrogens with one attached hydrogen (secondary N) is 2. The Labute approximate surface area is 198 Å². The summed E-state index contributed by atoms with van der Waals surface area (Å²) in [5.41, 5.74) is 4.89. The van der Waals surface area contributed by atoms with Crippen molar-refractivity contribution in [2.45, 2.75) is 43.4 Å². The monoisotopic (exact) mass is 503 g/mol. The summed E-state index contributed by atoms with van der Waals surface area (Å²) >= 11 is 6.65. The zero-order valence-electron chi connectivity index (χ0n) is 18.5. The molecule has 0 bridgehead atoms. The van der Waals surface area contributed by atoms with Crippen molar-refractivity contribution in [3.05, 3.63) is 39.8 Å². The summed E-state index contributed by atoms with van der Waals surface area (Å²) in [6.07, 6.45) is -2.31. The van der Waals surface area contributed by atoms with Gasteiger partial charge in [-0.2, -0.15) is 18.3 Å². The third-order valence-electron chi connectivity index (χ3n) is 6.78. The highest BCUT2D eigenvalue weighted by atomic mass is 35.5. The second-order valence-electron chi connectivity index (χ2n) is 8.95. The summed E-state index contributed by atoms with van der Waals surface area (Å²) in [4.78, 5) is 6.12. The lowest BCUT2D eigenvalue weighted by atomic mass is 9.92. The molecule has 5 rings (SSSR count). The van der Waals surface area contributed by atoms with Gasteiger partial charge in [-0.15, -0.1) is 0 Å². The minimum Gasteiger partial charge on any atom is -0.385 e. The van der Waals surface area contributed by atoms with E-state index in [2.05, 4.69) is 25.6 Å². The van der Waals surface area contributed by atoms with Crippen LogP contribution in [0, 0.1) is 0 Å². The molecule has 4 aliphatic heterocycles. The van der Waals surface area contributed by atoms with Crippen LogP contribution in [0.25, 0.3) is 0 Å². The van der Waals surface area contributed by atoms with Gasteiger partial charge in [0, 0.05) is 30.9 Å². The van der Waals surface area contributed by atoms with Gasteiger partial charge in [0.05, 0.1) is 49.2 Å². The van der Waals surface area contributed by atoms with Gasteiger partial charge in [0.1, 0.15) is 22.8 Å². The average molecular weight is 504 g/mol. The number of aliphatic imine (C=N–C) groups is 1. The van der Waals surface area contributed by atoms with E-state index in [1.54, 1.807) is 6.92 Å². The van der Waals surface area contributed by atoms with Crippen LogP contribution in [-0.4, -0.2) is 78.3 Å². The van der Waals surface area contributed by atoms with E-state index in [1.165, 1.54) is 17.0 Å². The molecule has 2 fully saturated rings. The molecule has 0 aromatic carbocycles. The van der Waals surface area contributed by atoms with Crippen LogP contribution >= 0.6 is 11.6 Å². The van der Waals surface area contributed by atoms with Gasteiger partial charge in [-0.1, -0.05) is 11.6 Å². The fourth-order valence-electron chi connectivity index (χ4n) is 4.90. The third kappa shape index (κ3) is 3.90. The number of alkyl halides is 4. The number of amidine groups is 1. The highest BCUT2D eigenvalue weighted by Gasteiger charge is 2.46. The van der Waals surface area contributed by atoms with Gasteiger partial charge in [-0.3, -0.25) is 9.89 Å². The van der Waals surface area contributed by atoms with E-state index >= 15 is 4.39 Å². The topological polar surface area (TPSA) is 92.7 Å². The minimum atomic E-state index is -4.52. The smallest absolute Gasteiger partial charge is 0.385 e. The molecular weight excluding hydrogens is 478 g/mol. The molecular formula is C21H26ClF4N7O. The number of rotatable bonds is 5. The molecule has 0 radical (unpaired) electrons. The molecule has 3 atom stereocenters. The van der Waals surface area contributed by atoms with Gasteiger partial charge in [-0.05, 0) is 19.4 Å². The Morgan fingerprint density at radius 1 is 1.38 bits per heavy atom. The molecule has 0 aliphatic carbocycles. The Kier molecular flexibility index (Phi) is 5.90. The number of piperidine rings is 1. The van der Waals surface area contributed by atoms with Gasteiger partial charge >= 0.3 is 6.18 Å². The Balaban J connectivity index is 1.45. The van der Waals surface area contributed by atoms with E-state index in [0.717, 1.165) is 0 Å². The van der Waals surface area contributed by atoms with Gasteiger partial charge < -0.3 is 21.1 Å². The molecule has 1 unspecified atom stereocenters. The molecule has 0 amide bonds. The largest absolute Gasteiger partial charge is 0.415 e. The van der Waals surface area contributed by atoms with E-state index in [0.29, 0.717) is 38.3 Å². The average Bonchev–Trinajstić information content (AvgIpc) is 3.31. The molecule has 186 valence electrons. The summed E-state index contributed by atoms with van der Waals surface area (Å²) in [5, 5.41) is 10.3. The van der Waals surface area contributed by atoms with Crippen LogP contribution in [0.15, 0.2) is 34.1 Å². The lowest BCUT2D eigenvalue weighted by Crippen LogP contribution is -2.56. The van der Waals surface area contributed by atoms with Crippen LogP contribution in [0.4, 0.5) is 17.6 Å². The number of halogens is 5. The Hall–Kier alpha value is -2.15. The molecule has 8 nitrogen and oxygen atoms in total. The summed E-state index contributed by atoms with van der Waals surface area (Å²) in [5.74, 6) is 0.0384. The number of fused-ring (bicyclic) bond motifs is 1. The summed E-state index contributed by atoms with van der Waals surface area (Å²) in [6, 6.07) is -0.328. The van der Waals surface area contributed by atoms with Gasteiger partial charge in [0.15, 0.2) is 0 Å². The number of hydrogen-bond acceptors (Lipinski definition) is 7. The first kappa shape index (κ1) is 23.6. The molecule has 1 aromatic heterocycles. The van der Waals surface area contributed by atoms with Crippen LogP contribution < -0.4 is 16.4 Å². The second kappa shape index (κ2) is 8.51. The van der Waals surface area contributed by atoms with E-state index in [1.807, 2.05) is 0 Å². The Morgan fingerprint density at radius 3 is 2.76 bits per heavy atom. The van der Waals surface area contributed by atoms with Crippen LogP contribution in [0.2, 0.25) is 5.15 Å². The van der Waals surface area contributed by atoms with Crippen molar-refractivity contribution >= 4 is 17.4 Å². The predicted octanol–water partition coefficient (Wildman–Crippen LogP) is 2.00. The van der Waals surface area contributed by atoms with Gasteiger partial charge in [-0.25, -0.2) is 9.07 Å². The number of aromatic nitrogens is 2. The number of hydrogen-bond donors (Lipinski definition) is 3. The molecule has 1 aromatic rings. The van der Waals surface area contributed by atoms with Gasteiger partial charge in [0.25, 0.3) is 0 Å². The molecule has 0 saturated carbocycles. The third-order valence-corrected chi connectivity index (χ3v) is 7.16. The standard InChI is InChI=1S/C21H26ClF4N7O/c1-2-28-15-5-20(27,31-19-17(15)12(6-29-19)21(24,25)26)13-7-30-33(18(13)22)16-3-4-32(8-14(16)23)11-9-34-10-11/h5,7,11,14,16,28H,2-4,6,8-10,27H2,1H3,(H,29,31)/t14-,16-,20?/m0/s1. The first-order valence-electron chi connectivity index (χ1n) is 11.2. The Bertz CT molecular complexity index is 1060. The van der Waals surface area contributed by atoms with E-state index < -0.39 is 36.2 Å². The van der Waals surface area contributed by atoms with E-state index in [4.69, 9.17) is 22.1 Å². The first-order chi connectivity index (χ1) is 16.1. The molecule has 4 aliphatic rings. The van der Waals surface area contributed by atoms with Crippen LogP contribution in [0.5, 0.6) is 0 Å². The fourth-order valence-corrected chi connectivity index (χ4v) is 5.28. The Morgan fingerprint density at radius 2 is 2.15 bits per heavy atom.